The van der Waals surface area contributed by atoms with E-state index in [4.69, 9.17) is 4.98 Å². The van der Waals surface area contributed by atoms with Gasteiger partial charge in [0.05, 0.1) is 10.8 Å². The first kappa shape index (κ1) is 14.7. The van der Waals surface area contributed by atoms with Crippen molar-refractivity contribution in [3.05, 3.63) is 89.7 Å². The second kappa shape index (κ2) is 5.71. The highest BCUT2D eigenvalue weighted by atomic mass is 32.2. The minimum Gasteiger partial charge on any atom is -0.233 e. The van der Waals surface area contributed by atoms with E-state index < -0.39 is 0 Å². The average Bonchev–Trinajstić information content (AvgIpc) is 2.96. The molecule has 25 heavy (non-hydrogen) atoms. The van der Waals surface area contributed by atoms with Crippen molar-refractivity contribution in [1.29, 1.82) is 0 Å². The van der Waals surface area contributed by atoms with Gasteiger partial charge < -0.3 is 0 Å². The molecule has 0 bridgehead atoms. The van der Waals surface area contributed by atoms with Crippen LogP contribution in [0.3, 0.4) is 0 Å². The van der Waals surface area contributed by atoms with Crippen molar-refractivity contribution < 1.29 is 0 Å². The van der Waals surface area contributed by atoms with Gasteiger partial charge in [-0.3, -0.25) is 0 Å². The topological polar surface area (TPSA) is 25.8 Å². The normalized spacial score (nSPS) is 13.0. The van der Waals surface area contributed by atoms with Crippen molar-refractivity contribution in [3.8, 4) is 11.1 Å². The van der Waals surface area contributed by atoms with Gasteiger partial charge in [-0.2, -0.15) is 0 Å². The molecule has 0 aliphatic heterocycles. The number of hydrogen-bond donors (Lipinski definition) is 0. The number of aryl methyl sites for hydroxylation is 1. The van der Waals surface area contributed by atoms with Gasteiger partial charge in [-0.1, -0.05) is 78.5 Å². The van der Waals surface area contributed by atoms with Gasteiger partial charge in [0, 0.05) is 5.39 Å². The van der Waals surface area contributed by atoms with Crippen LogP contribution in [0.1, 0.15) is 22.2 Å². The van der Waals surface area contributed by atoms with Crippen molar-refractivity contribution in [1.82, 2.24) is 9.97 Å². The van der Waals surface area contributed by atoms with Crippen molar-refractivity contribution >= 4 is 22.7 Å². The summed E-state index contributed by atoms with van der Waals surface area (Å²) in [5.74, 6) is 0.820. The van der Waals surface area contributed by atoms with E-state index in [2.05, 4.69) is 71.7 Å². The Morgan fingerprint density at radius 2 is 1.32 bits per heavy atom. The van der Waals surface area contributed by atoms with E-state index in [0.717, 1.165) is 21.8 Å². The van der Waals surface area contributed by atoms with E-state index >= 15 is 0 Å². The summed E-state index contributed by atoms with van der Waals surface area (Å²) in [7, 11) is 0. The molecule has 0 N–H and O–H groups in total. The van der Waals surface area contributed by atoms with Gasteiger partial charge >= 0.3 is 0 Å². The fourth-order valence-corrected chi connectivity index (χ4v) is 4.97. The van der Waals surface area contributed by atoms with Crippen LogP contribution in [0.4, 0.5) is 0 Å². The fourth-order valence-electron chi connectivity index (χ4n) is 3.60. The first-order chi connectivity index (χ1) is 12.3. The van der Waals surface area contributed by atoms with Crippen molar-refractivity contribution in [2.24, 2.45) is 0 Å². The predicted octanol–water partition coefficient (Wildman–Crippen LogP) is 5.80. The number of rotatable bonds is 2. The van der Waals surface area contributed by atoms with E-state index in [1.165, 1.54) is 22.3 Å². The first-order valence-corrected chi connectivity index (χ1v) is 9.27. The summed E-state index contributed by atoms with van der Waals surface area (Å²) < 4.78 is 0. The lowest BCUT2D eigenvalue weighted by atomic mass is 10.1. The van der Waals surface area contributed by atoms with Gasteiger partial charge in [-0.05, 0) is 35.2 Å². The molecule has 1 aliphatic rings. The van der Waals surface area contributed by atoms with Crippen LogP contribution < -0.4 is 0 Å². The zero-order valence-electron chi connectivity index (χ0n) is 13.8. The summed E-state index contributed by atoms with van der Waals surface area (Å²) in [4.78, 5) is 9.34. The largest absolute Gasteiger partial charge is 0.233 e. The molecular weight excluding hydrogens is 324 g/mol. The minimum absolute atomic E-state index is 0.269. The molecule has 0 fully saturated rings. The third-order valence-electron chi connectivity index (χ3n) is 4.69. The van der Waals surface area contributed by atoms with Crippen molar-refractivity contribution in [2.45, 2.75) is 17.2 Å². The van der Waals surface area contributed by atoms with E-state index in [1.54, 1.807) is 0 Å². The number of thioether (sulfide) groups is 1. The summed E-state index contributed by atoms with van der Waals surface area (Å²) >= 11 is 1.83. The Bertz CT molecular complexity index is 1060. The lowest BCUT2D eigenvalue weighted by molar-refractivity contribution is 1.00. The lowest BCUT2D eigenvalue weighted by Crippen LogP contribution is -1.96. The number of hydrogen-bond acceptors (Lipinski definition) is 3. The molecule has 3 aromatic carbocycles. The third-order valence-corrected chi connectivity index (χ3v) is 5.96. The maximum absolute atomic E-state index is 4.76. The molecule has 0 amide bonds. The first-order valence-electron chi connectivity index (χ1n) is 8.39. The molecule has 2 nitrogen and oxygen atoms in total. The van der Waals surface area contributed by atoms with Crippen LogP contribution in [0.15, 0.2) is 77.8 Å². The molecular formula is C22H16N2S. The van der Waals surface area contributed by atoms with Crippen LogP contribution in [-0.2, 0) is 0 Å². The highest BCUT2D eigenvalue weighted by molar-refractivity contribution is 7.99. The smallest absolute Gasteiger partial charge is 0.127 e. The Morgan fingerprint density at radius 1 is 0.720 bits per heavy atom. The molecule has 1 aromatic heterocycles. The molecule has 3 heteroatoms. The highest BCUT2D eigenvalue weighted by Crippen LogP contribution is 2.52. The van der Waals surface area contributed by atoms with Crippen LogP contribution in [0.2, 0.25) is 0 Å². The maximum Gasteiger partial charge on any atom is 0.127 e. The molecule has 4 aromatic rings. The van der Waals surface area contributed by atoms with E-state index in [1.807, 2.05) is 24.8 Å². The monoisotopic (exact) mass is 340 g/mol. The average molecular weight is 340 g/mol. The summed E-state index contributed by atoms with van der Waals surface area (Å²) in [5, 5.41) is 2.45. The summed E-state index contributed by atoms with van der Waals surface area (Å²) in [6.45, 7) is 1.97. The number of benzene rings is 3. The molecule has 0 radical (unpaired) electrons. The Labute approximate surface area is 151 Å². The second-order valence-corrected chi connectivity index (χ2v) is 7.36. The molecule has 0 saturated heterocycles. The molecule has 1 aliphatic carbocycles. The van der Waals surface area contributed by atoms with Crippen LogP contribution in [0, 0.1) is 6.92 Å². The Hall–Kier alpha value is -2.65. The fraction of sp³-hybridized carbons (Fsp3) is 0.0909. The quantitative estimate of drug-likeness (QED) is 0.431. The molecule has 0 spiro atoms. The molecule has 5 rings (SSSR count). The molecule has 0 saturated carbocycles. The van der Waals surface area contributed by atoms with Gasteiger partial charge in [0.2, 0.25) is 0 Å². The van der Waals surface area contributed by atoms with Crippen LogP contribution in [0.25, 0.3) is 22.0 Å². The molecule has 1 heterocycles. The minimum atomic E-state index is 0.269. The van der Waals surface area contributed by atoms with Crippen molar-refractivity contribution in [2.75, 3.05) is 0 Å². The van der Waals surface area contributed by atoms with E-state index in [0.29, 0.717) is 0 Å². The van der Waals surface area contributed by atoms with Gasteiger partial charge in [0.25, 0.3) is 0 Å². The zero-order valence-corrected chi connectivity index (χ0v) is 14.6. The van der Waals surface area contributed by atoms with E-state index in [9.17, 15) is 0 Å². The number of aromatic nitrogens is 2. The maximum atomic E-state index is 4.76. The summed E-state index contributed by atoms with van der Waals surface area (Å²) in [6, 6.07) is 25.7. The van der Waals surface area contributed by atoms with Crippen molar-refractivity contribution in [3.63, 3.8) is 0 Å². The van der Waals surface area contributed by atoms with Gasteiger partial charge in [-0.15, -0.1) is 0 Å². The number of fused-ring (bicyclic) bond motifs is 4. The Kier molecular flexibility index (Phi) is 3.35. The standard InChI is InChI=1S/C22H16N2S/c1-14-23-20-13-7-6-12-19(20)22(24-14)25-21-17-10-4-2-8-15(17)16-9-3-5-11-18(16)21/h2-13,21H,1H3. The van der Waals surface area contributed by atoms with Gasteiger partial charge in [0.15, 0.2) is 0 Å². The van der Waals surface area contributed by atoms with Crippen LogP contribution in [-0.4, -0.2) is 9.97 Å². The van der Waals surface area contributed by atoms with E-state index in [-0.39, 0.29) is 5.25 Å². The Morgan fingerprint density at radius 3 is 2.04 bits per heavy atom. The molecule has 0 atom stereocenters. The second-order valence-electron chi connectivity index (χ2n) is 6.27. The van der Waals surface area contributed by atoms with Crippen LogP contribution >= 0.6 is 11.8 Å². The molecule has 120 valence electrons. The van der Waals surface area contributed by atoms with Gasteiger partial charge in [-0.25, -0.2) is 9.97 Å². The third kappa shape index (κ3) is 2.35. The zero-order chi connectivity index (χ0) is 16.8. The van der Waals surface area contributed by atoms with Gasteiger partial charge in [0.1, 0.15) is 10.9 Å². The predicted molar refractivity (Wildman–Crippen MR) is 104 cm³/mol. The molecule has 0 unspecified atom stereocenters. The number of nitrogens with zero attached hydrogens (tertiary/aromatic N) is 2. The summed E-state index contributed by atoms with van der Waals surface area (Å²) in [6.07, 6.45) is 0. The van der Waals surface area contributed by atoms with Crippen LogP contribution in [0.5, 0.6) is 0 Å². The highest BCUT2D eigenvalue weighted by Gasteiger charge is 2.29. The number of para-hydroxylation sites is 1. The lowest BCUT2D eigenvalue weighted by Gasteiger charge is -2.14. The SMILES string of the molecule is Cc1nc(SC2c3ccccc3-c3ccccc32)c2ccccc2n1. The summed E-state index contributed by atoms with van der Waals surface area (Å²) in [5.41, 5.74) is 6.43. The Balaban J connectivity index is 1.68.